The maximum atomic E-state index is 12.7. The number of carbonyl (C=O) groups excluding carboxylic acids is 3. The Balaban J connectivity index is 3.91. The molecule has 0 aliphatic heterocycles. The van der Waals surface area contributed by atoms with Crippen molar-refractivity contribution in [1.82, 2.24) is 0 Å². The molecule has 0 amide bonds. The Labute approximate surface area is 421 Å². The van der Waals surface area contributed by atoms with Crippen LogP contribution in [0.4, 0.5) is 0 Å². The van der Waals surface area contributed by atoms with Gasteiger partial charge in [0.1, 0.15) is 13.2 Å². The second-order valence-corrected chi connectivity index (χ2v) is 19.2. The zero-order valence-electron chi connectivity index (χ0n) is 44.9. The van der Waals surface area contributed by atoms with E-state index in [4.69, 9.17) is 14.2 Å². The van der Waals surface area contributed by atoms with Gasteiger partial charge in [0.05, 0.1) is 0 Å². The quantitative estimate of drug-likeness (QED) is 0.0262. The molecule has 0 aromatic carbocycles. The van der Waals surface area contributed by atoms with Crippen LogP contribution < -0.4 is 0 Å². The minimum Gasteiger partial charge on any atom is -0.462 e. The van der Waals surface area contributed by atoms with Gasteiger partial charge >= 0.3 is 17.9 Å². The van der Waals surface area contributed by atoms with Crippen LogP contribution in [0.2, 0.25) is 0 Å². The number of allylic oxidation sites excluding steroid dienone is 12. The van der Waals surface area contributed by atoms with Crippen LogP contribution in [0.3, 0.4) is 0 Å². The topological polar surface area (TPSA) is 78.9 Å². The Morgan fingerprint density at radius 1 is 0.309 bits per heavy atom. The molecule has 0 saturated heterocycles. The summed E-state index contributed by atoms with van der Waals surface area (Å²) in [6.45, 7) is 6.42. The number of esters is 3. The summed E-state index contributed by atoms with van der Waals surface area (Å²) >= 11 is 0. The van der Waals surface area contributed by atoms with Crippen molar-refractivity contribution >= 4 is 17.9 Å². The lowest BCUT2D eigenvalue weighted by atomic mass is 10.0. The molecule has 0 N–H and O–H groups in total. The Bertz CT molecular complexity index is 1270. The van der Waals surface area contributed by atoms with Gasteiger partial charge in [-0.15, -0.1) is 0 Å². The van der Waals surface area contributed by atoms with Gasteiger partial charge in [0, 0.05) is 19.3 Å². The Morgan fingerprint density at radius 2 is 0.574 bits per heavy atom. The highest BCUT2D eigenvalue weighted by Crippen LogP contribution is 2.16. The highest BCUT2D eigenvalue weighted by atomic mass is 16.6. The van der Waals surface area contributed by atoms with E-state index in [1.807, 2.05) is 0 Å². The molecule has 0 heterocycles. The van der Waals surface area contributed by atoms with Gasteiger partial charge in [0.25, 0.3) is 0 Å². The van der Waals surface area contributed by atoms with E-state index in [1.165, 1.54) is 135 Å². The molecule has 0 rings (SSSR count). The Morgan fingerprint density at radius 3 is 0.941 bits per heavy atom. The fourth-order valence-corrected chi connectivity index (χ4v) is 8.11. The monoisotopic (exact) mass is 949 g/mol. The van der Waals surface area contributed by atoms with E-state index in [-0.39, 0.29) is 31.1 Å². The van der Waals surface area contributed by atoms with Crippen molar-refractivity contribution in [3.8, 4) is 0 Å². The highest BCUT2D eigenvalue weighted by molar-refractivity contribution is 5.71. The number of rotatable bonds is 52. The van der Waals surface area contributed by atoms with Gasteiger partial charge in [0.2, 0.25) is 0 Å². The molecule has 1 atom stereocenters. The lowest BCUT2D eigenvalue weighted by molar-refractivity contribution is -0.167. The minimum atomic E-state index is -0.772. The summed E-state index contributed by atoms with van der Waals surface area (Å²) in [6.07, 6.45) is 72.5. The van der Waals surface area contributed by atoms with Crippen molar-refractivity contribution in [3.63, 3.8) is 0 Å². The highest BCUT2D eigenvalue weighted by Gasteiger charge is 2.19. The van der Waals surface area contributed by atoms with Crippen molar-refractivity contribution in [2.75, 3.05) is 13.2 Å². The van der Waals surface area contributed by atoms with E-state index < -0.39 is 6.10 Å². The number of hydrogen-bond acceptors (Lipinski definition) is 6. The summed E-state index contributed by atoms with van der Waals surface area (Å²) in [4.78, 5) is 37.7. The maximum Gasteiger partial charge on any atom is 0.306 e. The van der Waals surface area contributed by atoms with Crippen LogP contribution in [-0.4, -0.2) is 37.2 Å². The van der Waals surface area contributed by atoms with Crippen LogP contribution in [-0.2, 0) is 28.6 Å². The lowest BCUT2D eigenvalue weighted by Crippen LogP contribution is -2.30. The van der Waals surface area contributed by atoms with E-state index in [2.05, 4.69) is 93.7 Å². The molecule has 6 nitrogen and oxygen atoms in total. The average Bonchev–Trinajstić information content (AvgIpc) is 3.34. The van der Waals surface area contributed by atoms with Crippen molar-refractivity contribution in [3.05, 3.63) is 72.9 Å². The zero-order valence-corrected chi connectivity index (χ0v) is 44.9. The van der Waals surface area contributed by atoms with Crippen LogP contribution >= 0.6 is 0 Å². The Hall–Kier alpha value is -3.15. The molecule has 0 aliphatic carbocycles. The van der Waals surface area contributed by atoms with E-state index in [0.717, 1.165) is 109 Å². The molecule has 0 aromatic rings. The normalized spacial score (nSPS) is 12.6. The molecule has 0 saturated carbocycles. The smallest absolute Gasteiger partial charge is 0.306 e. The number of unbranched alkanes of at least 4 members (excludes halogenated alkanes) is 29. The fourth-order valence-electron chi connectivity index (χ4n) is 8.11. The third-order valence-electron chi connectivity index (χ3n) is 12.4. The van der Waals surface area contributed by atoms with Gasteiger partial charge in [-0.05, 0) is 89.9 Å². The van der Waals surface area contributed by atoms with Crippen LogP contribution in [0, 0.1) is 0 Å². The molecule has 6 heteroatoms. The van der Waals surface area contributed by atoms with E-state index in [1.54, 1.807) is 0 Å². The number of carbonyl (C=O) groups is 3. The molecule has 68 heavy (non-hydrogen) atoms. The van der Waals surface area contributed by atoms with Crippen molar-refractivity contribution in [1.29, 1.82) is 0 Å². The predicted octanol–water partition coefficient (Wildman–Crippen LogP) is 19.4. The minimum absolute atomic E-state index is 0.0756. The first-order chi connectivity index (χ1) is 33.5. The van der Waals surface area contributed by atoms with E-state index in [9.17, 15) is 14.4 Å². The first kappa shape index (κ1) is 64.8. The second kappa shape index (κ2) is 56.4. The van der Waals surface area contributed by atoms with Gasteiger partial charge in [-0.1, -0.05) is 248 Å². The van der Waals surface area contributed by atoms with Gasteiger partial charge < -0.3 is 14.2 Å². The largest absolute Gasteiger partial charge is 0.462 e. The maximum absolute atomic E-state index is 12.7. The number of hydrogen-bond donors (Lipinski definition) is 0. The van der Waals surface area contributed by atoms with E-state index in [0.29, 0.717) is 19.3 Å². The summed E-state index contributed by atoms with van der Waals surface area (Å²) in [5.41, 5.74) is 0. The molecular formula is C62H108O6. The van der Waals surface area contributed by atoms with Crippen LogP contribution in [0.1, 0.15) is 284 Å². The van der Waals surface area contributed by atoms with E-state index >= 15 is 0 Å². The second-order valence-electron chi connectivity index (χ2n) is 19.2. The van der Waals surface area contributed by atoms with Crippen LogP contribution in [0.25, 0.3) is 0 Å². The molecule has 0 aliphatic rings. The van der Waals surface area contributed by atoms with Crippen LogP contribution in [0.15, 0.2) is 72.9 Å². The molecule has 0 bridgehead atoms. The first-order valence-electron chi connectivity index (χ1n) is 28.9. The summed E-state index contributed by atoms with van der Waals surface area (Å²) in [5, 5.41) is 0. The van der Waals surface area contributed by atoms with Gasteiger partial charge in [-0.3, -0.25) is 14.4 Å². The van der Waals surface area contributed by atoms with Crippen LogP contribution in [0.5, 0.6) is 0 Å². The van der Waals surface area contributed by atoms with Gasteiger partial charge in [-0.2, -0.15) is 0 Å². The summed E-state index contributed by atoms with van der Waals surface area (Å²) in [7, 11) is 0. The van der Waals surface area contributed by atoms with Gasteiger partial charge in [0.15, 0.2) is 6.10 Å². The van der Waals surface area contributed by atoms with Crippen molar-refractivity contribution < 1.29 is 28.6 Å². The standard InChI is InChI=1S/C62H108O6/c1-4-7-10-13-15-17-19-21-22-23-24-25-26-27-28-29-30-31-32-33-34-35-36-37-38-39-40-41-43-44-46-49-52-55-61(64)67-58-59(57-66-60(63)54-51-48-12-9-6-3)68-62(65)56-53-50-47-45-42-20-18-16-14-11-8-5-2/h7,10,15-18,21-22,24-25,27-28,59H,4-6,8-9,11-14,19-20,23,26,29-58H2,1-3H3/b10-7-,17-15-,18-16-,22-21-,25-24-,28-27-. The summed E-state index contributed by atoms with van der Waals surface area (Å²) in [5.74, 6) is -0.893. The van der Waals surface area contributed by atoms with Gasteiger partial charge in [-0.25, -0.2) is 0 Å². The molecule has 0 spiro atoms. The zero-order chi connectivity index (χ0) is 49.3. The molecule has 1 unspecified atom stereocenters. The number of ether oxygens (including phenoxy) is 3. The molecule has 0 aromatic heterocycles. The average molecular weight is 950 g/mol. The predicted molar refractivity (Wildman–Crippen MR) is 293 cm³/mol. The SMILES string of the molecule is CC/C=C\C/C=C\C/C=C\C/C=C\C/C=C\CCCCCCCCCCCCCCCCCCCC(=O)OCC(COC(=O)CCCCCCC)OC(=O)CCCCCCC/C=C\CCCCC. The fraction of sp³-hybridized carbons (Fsp3) is 0.758. The summed E-state index contributed by atoms with van der Waals surface area (Å²) < 4.78 is 16.7. The van der Waals surface area contributed by atoms with Crippen molar-refractivity contribution in [2.24, 2.45) is 0 Å². The molecule has 0 radical (unpaired) electrons. The third kappa shape index (κ3) is 53.8. The summed E-state index contributed by atoms with van der Waals surface area (Å²) in [6, 6.07) is 0. The molecule has 0 fully saturated rings. The molecular weight excluding hydrogens is 841 g/mol. The first-order valence-corrected chi connectivity index (χ1v) is 28.9. The Kier molecular flexibility index (Phi) is 53.8. The lowest BCUT2D eigenvalue weighted by Gasteiger charge is -2.18. The molecule has 392 valence electrons. The van der Waals surface area contributed by atoms with Crippen molar-refractivity contribution in [2.45, 2.75) is 290 Å². The third-order valence-corrected chi connectivity index (χ3v) is 12.4.